The third-order valence-electron chi connectivity index (χ3n) is 3.13. The molecule has 1 fully saturated rings. The Morgan fingerprint density at radius 3 is 2.53 bits per heavy atom. The third-order valence-corrected chi connectivity index (χ3v) is 3.13. The third kappa shape index (κ3) is 4.62. The zero-order valence-electron chi connectivity index (χ0n) is 9.41. The molecule has 1 atom stereocenters. The van der Waals surface area contributed by atoms with Crippen LogP contribution in [0.25, 0.3) is 0 Å². The maximum Gasteiger partial charge on any atom is 0.218 e. The van der Waals surface area contributed by atoms with E-state index in [0.717, 1.165) is 25.7 Å². The molecule has 4 N–H and O–H groups in total. The fourth-order valence-corrected chi connectivity index (χ4v) is 2.27. The van der Waals surface area contributed by atoms with Crippen molar-refractivity contribution in [2.45, 2.75) is 51.1 Å². The minimum absolute atomic E-state index is 0.165. The lowest BCUT2D eigenvalue weighted by Gasteiger charge is -2.30. The first-order valence-electron chi connectivity index (χ1n) is 5.77. The maximum absolute atomic E-state index is 10.7. The highest BCUT2D eigenvalue weighted by molar-refractivity contribution is 5.74. The summed E-state index contributed by atoms with van der Waals surface area (Å²) in [6.45, 7) is 2.30. The monoisotopic (exact) mass is 214 g/mol. The number of amides is 1. The first kappa shape index (κ1) is 12.5. The largest absolute Gasteiger partial charge is 0.396 e. The van der Waals surface area contributed by atoms with Crippen LogP contribution in [0.2, 0.25) is 0 Å². The fraction of sp³-hybridized carbons (Fsp3) is 0.909. The van der Waals surface area contributed by atoms with Gasteiger partial charge in [0.2, 0.25) is 5.91 Å². The van der Waals surface area contributed by atoms with E-state index in [-0.39, 0.29) is 11.9 Å². The predicted octanol–water partition coefficient (Wildman–Crippen LogP) is 0.391. The average molecular weight is 214 g/mol. The Hall–Kier alpha value is -0.610. The molecule has 0 heterocycles. The second kappa shape index (κ2) is 6.08. The summed E-state index contributed by atoms with van der Waals surface area (Å²) >= 11 is 0. The van der Waals surface area contributed by atoms with Crippen molar-refractivity contribution in [1.82, 2.24) is 5.32 Å². The molecule has 0 aromatic carbocycles. The standard InChI is InChI=1S/C11H22N2O2/c1-8(6-11(12)15)13-10-4-2-9(7-14)3-5-10/h8-10,13-14H,2-7H2,1H3,(H2,12,15). The number of primary amides is 1. The molecular formula is C11H22N2O2. The summed E-state index contributed by atoms with van der Waals surface area (Å²) in [4.78, 5) is 10.7. The predicted molar refractivity (Wildman–Crippen MR) is 59.2 cm³/mol. The normalized spacial score (nSPS) is 28.7. The quantitative estimate of drug-likeness (QED) is 0.619. The summed E-state index contributed by atoms with van der Waals surface area (Å²) in [5.74, 6) is 0.230. The molecule has 88 valence electrons. The van der Waals surface area contributed by atoms with Gasteiger partial charge in [-0.25, -0.2) is 0 Å². The van der Waals surface area contributed by atoms with E-state index in [2.05, 4.69) is 5.32 Å². The minimum Gasteiger partial charge on any atom is -0.396 e. The van der Waals surface area contributed by atoms with Crippen LogP contribution in [0, 0.1) is 5.92 Å². The van der Waals surface area contributed by atoms with Crippen LogP contribution in [0.3, 0.4) is 0 Å². The Labute approximate surface area is 91.2 Å². The van der Waals surface area contributed by atoms with Gasteiger partial charge in [0.05, 0.1) is 0 Å². The number of aliphatic hydroxyl groups is 1. The van der Waals surface area contributed by atoms with Crippen molar-refractivity contribution in [3.63, 3.8) is 0 Å². The van der Waals surface area contributed by atoms with Crippen LogP contribution in [-0.2, 0) is 4.79 Å². The molecule has 1 aliphatic carbocycles. The lowest BCUT2D eigenvalue weighted by molar-refractivity contribution is -0.118. The molecule has 1 aliphatic rings. The lowest BCUT2D eigenvalue weighted by atomic mass is 9.86. The number of rotatable bonds is 5. The molecule has 1 amide bonds. The molecule has 0 radical (unpaired) electrons. The Kier molecular flexibility index (Phi) is 5.05. The lowest BCUT2D eigenvalue weighted by Crippen LogP contribution is -2.41. The van der Waals surface area contributed by atoms with Crippen molar-refractivity contribution >= 4 is 5.91 Å². The summed E-state index contributed by atoms with van der Waals surface area (Å²) in [6, 6.07) is 0.653. The molecule has 0 spiro atoms. The zero-order valence-corrected chi connectivity index (χ0v) is 9.41. The first-order chi connectivity index (χ1) is 7.11. The van der Waals surface area contributed by atoms with Gasteiger partial charge in [0.15, 0.2) is 0 Å². The van der Waals surface area contributed by atoms with Crippen molar-refractivity contribution in [3.8, 4) is 0 Å². The molecule has 1 rings (SSSR count). The van der Waals surface area contributed by atoms with Crippen LogP contribution < -0.4 is 11.1 Å². The van der Waals surface area contributed by atoms with E-state index in [1.807, 2.05) is 6.92 Å². The summed E-state index contributed by atoms with van der Waals surface area (Å²) < 4.78 is 0. The number of hydrogen-bond donors (Lipinski definition) is 3. The second-order valence-corrected chi connectivity index (χ2v) is 4.64. The SMILES string of the molecule is CC(CC(N)=O)NC1CCC(CO)CC1. The smallest absolute Gasteiger partial charge is 0.218 e. The summed E-state index contributed by atoms with van der Waals surface area (Å²) in [6.07, 6.45) is 4.75. The van der Waals surface area contributed by atoms with E-state index in [4.69, 9.17) is 10.8 Å². The summed E-state index contributed by atoms with van der Waals surface area (Å²) in [5, 5.41) is 12.4. The number of carbonyl (C=O) groups excluding carboxylic acids is 1. The molecule has 4 heteroatoms. The van der Waals surface area contributed by atoms with E-state index < -0.39 is 0 Å². The molecule has 0 aliphatic heterocycles. The van der Waals surface area contributed by atoms with Crippen LogP contribution in [0.5, 0.6) is 0 Å². The molecule has 0 saturated heterocycles. The molecule has 15 heavy (non-hydrogen) atoms. The highest BCUT2D eigenvalue weighted by Gasteiger charge is 2.21. The van der Waals surface area contributed by atoms with E-state index in [9.17, 15) is 4.79 Å². The minimum atomic E-state index is -0.251. The molecule has 4 nitrogen and oxygen atoms in total. The van der Waals surface area contributed by atoms with Gasteiger partial charge >= 0.3 is 0 Å². The summed E-state index contributed by atoms with van der Waals surface area (Å²) in [7, 11) is 0. The van der Waals surface area contributed by atoms with Crippen molar-refractivity contribution in [2.75, 3.05) is 6.61 Å². The number of aliphatic hydroxyl groups excluding tert-OH is 1. The highest BCUT2D eigenvalue weighted by Crippen LogP contribution is 2.24. The van der Waals surface area contributed by atoms with Gasteiger partial charge in [-0.2, -0.15) is 0 Å². The summed E-state index contributed by atoms with van der Waals surface area (Å²) in [5.41, 5.74) is 5.13. The van der Waals surface area contributed by atoms with Gasteiger partial charge < -0.3 is 16.2 Å². The average Bonchev–Trinajstić information content (AvgIpc) is 2.17. The Balaban J connectivity index is 2.20. The Morgan fingerprint density at radius 2 is 2.07 bits per heavy atom. The van der Waals surface area contributed by atoms with E-state index in [1.54, 1.807) is 0 Å². The molecule has 1 unspecified atom stereocenters. The fourth-order valence-electron chi connectivity index (χ4n) is 2.27. The zero-order chi connectivity index (χ0) is 11.3. The van der Waals surface area contributed by atoms with Gasteiger partial charge in [-0.05, 0) is 38.5 Å². The van der Waals surface area contributed by atoms with Gasteiger partial charge in [-0.3, -0.25) is 4.79 Å². The van der Waals surface area contributed by atoms with E-state index >= 15 is 0 Å². The molecule has 1 saturated carbocycles. The van der Waals surface area contributed by atoms with Gasteiger partial charge in [0.25, 0.3) is 0 Å². The number of nitrogens with one attached hydrogen (secondary N) is 1. The van der Waals surface area contributed by atoms with Crippen LogP contribution >= 0.6 is 0 Å². The van der Waals surface area contributed by atoms with Crippen LogP contribution in [0.1, 0.15) is 39.0 Å². The number of nitrogens with two attached hydrogens (primary N) is 1. The topological polar surface area (TPSA) is 75.4 Å². The second-order valence-electron chi connectivity index (χ2n) is 4.64. The molecule has 0 aromatic heterocycles. The van der Waals surface area contributed by atoms with Crippen molar-refractivity contribution in [3.05, 3.63) is 0 Å². The van der Waals surface area contributed by atoms with Gasteiger partial charge in [-0.15, -0.1) is 0 Å². The molecular weight excluding hydrogens is 192 g/mol. The van der Waals surface area contributed by atoms with E-state index in [1.165, 1.54) is 0 Å². The van der Waals surface area contributed by atoms with Gasteiger partial charge in [-0.1, -0.05) is 0 Å². The van der Waals surface area contributed by atoms with Crippen LogP contribution in [0.15, 0.2) is 0 Å². The molecule has 0 aromatic rings. The first-order valence-corrected chi connectivity index (χ1v) is 5.77. The van der Waals surface area contributed by atoms with Crippen LogP contribution in [0.4, 0.5) is 0 Å². The van der Waals surface area contributed by atoms with Crippen molar-refractivity contribution in [1.29, 1.82) is 0 Å². The Bertz CT molecular complexity index is 201. The van der Waals surface area contributed by atoms with Crippen molar-refractivity contribution < 1.29 is 9.90 Å². The molecule has 0 bridgehead atoms. The maximum atomic E-state index is 10.7. The van der Waals surface area contributed by atoms with Gasteiger partial charge in [0.1, 0.15) is 0 Å². The van der Waals surface area contributed by atoms with Crippen LogP contribution in [-0.4, -0.2) is 29.7 Å². The highest BCUT2D eigenvalue weighted by atomic mass is 16.3. The number of carbonyl (C=O) groups is 1. The van der Waals surface area contributed by atoms with Crippen molar-refractivity contribution in [2.24, 2.45) is 11.7 Å². The Morgan fingerprint density at radius 1 is 1.47 bits per heavy atom. The van der Waals surface area contributed by atoms with E-state index in [0.29, 0.717) is 25.0 Å². The van der Waals surface area contributed by atoms with Gasteiger partial charge in [0, 0.05) is 25.1 Å². The number of hydrogen-bond acceptors (Lipinski definition) is 3.